The van der Waals surface area contributed by atoms with Gasteiger partial charge in [-0.3, -0.25) is 14.9 Å². The Labute approximate surface area is 206 Å². The van der Waals surface area contributed by atoms with E-state index in [0.29, 0.717) is 17.9 Å². The molecule has 1 amide bonds. The molecule has 0 aliphatic rings. The van der Waals surface area contributed by atoms with Gasteiger partial charge in [-0.15, -0.1) is 0 Å². The van der Waals surface area contributed by atoms with Crippen LogP contribution >= 0.6 is 11.6 Å². The molecule has 1 N–H and O–H groups in total. The Morgan fingerprint density at radius 2 is 1.80 bits per heavy atom. The van der Waals surface area contributed by atoms with Crippen molar-refractivity contribution in [2.45, 2.75) is 6.61 Å². The molecule has 172 valence electrons. The van der Waals surface area contributed by atoms with Crippen LogP contribution in [-0.4, -0.2) is 10.8 Å². The molecule has 0 aromatic heterocycles. The molecule has 0 spiro atoms. The number of nitrogens with one attached hydrogen (secondary N) is 1. The van der Waals surface area contributed by atoms with E-state index < -0.39 is 10.8 Å². The quantitative estimate of drug-likeness (QED) is 0.139. The summed E-state index contributed by atoms with van der Waals surface area (Å²) < 4.78 is 6.05. The van der Waals surface area contributed by atoms with E-state index in [0.717, 1.165) is 22.4 Å². The first-order valence-electron chi connectivity index (χ1n) is 10.5. The summed E-state index contributed by atoms with van der Waals surface area (Å²) in [4.78, 5) is 23.2. The van der Waals surface area contributed by atoms with Crippen molar-refractivity contribution >= 4 is 45.7 Å². The fourth-order valence-corrected chi connectivity index (χ4v) is 3.72. The lowest BCUT2D eigenvalue weighted by Crippen LogP contribution is -2.13. The Kier molecular flexibility index (Phi) is 7.05. The van der Waals surface area contributed by atoms with E-state index in [9.17, 15) is 20.2 Å². The van der Waals surface area contributed by atoms with Crippen LogP contribution in [0, 0.1) is 21.4 Å². The number of anilines is 1. The lowest BCUT2D eigenvalue weighted by molar-refractivity contribution is -0.384. The molecule has 0 atom stereocenters. The molecule has 0 radical (unpaired) electrons. The van der Waals surface area contributed by atoms with Crippen molar-refractivity contribution in [1.29, 1.82) is 5.26 Å². The number of nitrogens with zero attached hydrogens (tertiary/aromatic N) is 2. The number of amides is 1. The number of ether oxygens (including phenoxy) is 1. The zero-order chi connectivity index (χ0) is 24.8. The van der Waals surface area contributed by atoms with Crippen molar-refractivity contribution in [2.24, 2.45) is 0 Å². The van der Waals surface area contributed by atoms with Gasteiger partial charge in [-0.25, -0.2) is 0 Å². The molecule has 0 aliphatic carbocycles. The Hall–Kier alpha value is -4.67. The molecule has 7 nitrogen and oxygen atoms in total. The lowest BCUT2D eigenvalue weighted by Gasteiger charge is -2.12. The second kappa shape index (κ2) is 10.5. The summed E-state index contributed by atoms with van der Waals surface area (Å²) >= 11 is 5.82. The highest BCUT2D eigenvalue weighted by Gasteiger charge is 2.16. The van der Waals surface area contributed by atoms with Gasteiger partial charge in [0.05, 0.1) is 4.92 Å². The van der Waals surface area contributed by atoms with E-state index >= 15 is 0 Å². The van der Waals surface area contributed by atoms with Gasteiger partial charge in [-0.1, -0.05) is 72.3 Å². The summed E-state index contributed by atoms with van der Waals surface area (Å²) in [5, 5.41) is 25.3. The summed E-state index contributed by atoms with van der Waals surface area (Å²) in [6, 6.07) is 26.8. The number of carbonyl (C=O) groups excluding carboxylic acids is 1. The third kappa shape index (κ3) is 5.46. The predicted octanol–water partition coefficient (Wildman–Crippen LogP) is 6.53. The van der Waals surface area contributed by atoms with E-state index in [1.807, 2.05) is 48.5 Å². The molecule has 0 saturated heterocycles. The summed E-state index contributed by atoms with van der Waals surface area (Å²) in [6.45, 7) is 0.300. The molecule has 4 aromatic rings. The van der Waals surface area contributed by atoms with Crippen molar-refractivity contribution in [3.8, 4) is 11.8 Å². The number of nitro groups is 1. The Bertz CT molecular complexity index is 1500. The maximum Gasteiger partial charge on any atom is 0.289 e. The number of hydrogen-bond acceptors (Lipinski definition) is 5. The molecule has 35 heavy (non-hydrogen) atoms. The summed E-state index contributed by atoms with van der Waals surface area (Å²) in [7, 11) is 0. The summed E-state index contributed by atoms with van der Waals surface area (Å²) in [5.41, 5.74) is 1.15. The molecule has 4 aromatic carbocycles. The maximum absolute atomic E-state index is 12.7. The van der Waals surface area contributed by atoms with Crippen LogP contribution in [0.1, 0.15) is 11.1 Å². The van der Waals surface area contributed by atoms with Gasteiger partial charge in [0.15, 0.2) is 0 Å². The molecule has 0 aliphatic heterocycles. The summed E-state index contributed by atoms with van der Waals surface area (Å²) in [6.07, 6.45) is 1.41. The molecule has 0 heterocycles. The van der Waals surface area contributed by atoms with Gasteiger partial charge in [-0.2, -0.15) is 5.26 Å². The number of hydrogen-bond donors (Lipinski definition) is 1. The van der Waals surface area contributed by atoms with Gasteiger partial charge in [0, 0.05) is 17.3 Å². The second-order valence-electron chi connectivity index (χ2n) is 7.51. The fraction of sp³-hybridized carbons (Fsp3) is 0.0370. The first-order chi connectivity index (χ1) is 17.0. The summed E-state index contributed by atoms with van der Waals surface area (Å²) in [5.74, 6) is -0.212. The van der Waals surface area contributed by atoms with Gasteiger partial charge in [0.2, 0.25) is 0 Å². The first kappa shape index (κ1) is 23.5. The number of halogens is 1. The average Bonchev–Trinajstić information content (AvgIpc) is 2.87. The van der Waals surface area contributed by atoms with Crippen molar-refractivity contribution in [3.63, 3.8) is 0 Å². The highest BCUT2D eigenvalue weighted by Crippen LogP contribution is 2.28. The van der Waals surface area contributed by atoms with Gasteiger partial charge in [-0.05, 0) is 40.6 Å². The zero-order valence-electron chi connectivity index (χ0n) is 18.3. The SMILES string of the molecule is N#C/C(=C\c1ccccc1OCc1cccc2ccccc12)C(=O)Nc1ccc(Cl)c([N+](=O)[O-])c1. The predicted molar refractivity (Wildman–Crippen MR) is 135 cm³/mol. The topological polar surface area (TPSA) is 105 Å². The van der Waals surface area contributed by atoms with Crippen LogP contribution in [0.3, 0.4) is 0 Å². The molecule has 0 bridgehead atoms. The van der Waals surface area contributed by atoms with E-state index in [1.54, 1.807) is 24.3 Å². The standard InChI is InChI=1S/C27H18ClN3O4/c28-24-13-12-22(15-25(24)31(33)34)30-27(32)21(16-29)14-19-7-2-4-11-26(19)35-17-20-9-5-8-18-6-1-3-10-23(18)20/h1-15H,17H2,(H,30,32)/b21-14+. The van der Waals surface area contributed by atoms with E-state index in [1.165, 1.54) is 18.2 Å². The second-order valence-corrected chi connectivity index (χ2v) is 7.92. The van der Waals surface area contributed by atoms with Crippen LogP contribution in [0.4, 0.5) is 11.4 Å². The monoisotopic (exact) mass is 483 g/mol. The number of carbonyl (C=O) groups is 1. The highest BCUT2D eigenvalue weighted by molar-refractivity contribution is 6.32. The Balaban J connectivity index is 1.56. The van der Waals surface area contributed by atoms with Gasteiger partial charge in [0.1, 0.15) is 29.0 Å². The minimum atomic E-state index is -0.715. The van der Waals surface area contributed by atoms with Crippen molar-refractivity contribution in [3.05, 3.63) is 117 Å². The molecule has 8 heteroatoms. The molecule has 0 saturated carbocycles. The van der Waals surface area contributed by atoms with Crippen LogP contribution < -0.4 is 10.1 Å². The van der Waals surface area contributed by atoms with Gasteiger partial charge >= 0.3 is 0 Å². The van der Waals surface area contributed by atoms with Crippen LogP contribution in [0.2, 0.25) is 5.02 Å². The Morgan fingerprint density at radius 3 is 2.60 bits per heavy atom. The highest BCUT2D eigenvalue weighted by atomic mass is 35.5. The van der Waals surface area contributed by atoms with Crippen LogP contribution in [0.15, 0.2) is 90.5 Å². The number of rotatable bonds is 7. The molecule has 0 unspecified atom stereocenters. The van der Waals surface area contributed by atoms with Crippen molar-refractivity contribution < 1.29 is 14.5 Å². The smallest absolute Gasteiger partial charge is 0.289 e. The van der Waals surface area contributed by atoms with Crippen molar-refractivity contribution in [2.75, 3.05) is 5.32 Å². The number of nitro benzene ring substituents is 1. The molecule has 0 fully saturated rings. The number of benzene rings is 4. The van der Waals surface area contributed by atoms with Crippen LogP contribution in [0.25, 0.3) is 16.8 Å². The average molecular weight is 484 g/mol. The lowest BCUT2D eigenvalue weighted by atomic mass is 10.1. The van der Waals surface area contributed by atoms with Gasteiger partial charge in [0.25, 0.3) is 11.6 Å². The number of fused-ring (bicyclic) bond motifs is 1. The van der Waals surface area contributed by atoms with Crippen molar-refractivity contribution in [1.82, 2.24) is 0 Å². The molecular formula is C27H18ClN3O4. The third-order valence-electron chi connectivity index (χ3n) is 5.25. The number of para-hydroxylation sites is 1. The van der Waals surface area contributed by atoms with Crippen LogP contribution in [-0.2, 0) is 11.4 Å². The van der Waals surface area contributed by atoms with Crippen LogP contribution in [0.5, 0.6) is 5.75 Å². The van der Waals surface area contributed by atoms with E-state index in [-0.39, 0.29) is 22.0 Å². The fourth-order valence-electron chi connectivity index (χ4n) is 3.54. The normalized spacial score (nSPS) is 11.0. The Morgan fingerprint density at radius 1 is 1.06 bits per heavy atom. The molecule has 4 rings (SSSR count). The van der Waals surface area contributed by atoms with E-state index in [2.05, 4.69) is 5.32 Å². The minimum absolute atomic E-state index is 0.0543. The molecular weight excluding hydrogens is 466 g/mol. The zero-order valence-corrected chi connectivity index (χ0v) is 19.0. The first-order valence-corrected chi connectivity index (χ1v) is 10.9. The number of nitriles is 1. The minimum Gasteiger partial charge on any atom is -0.488 e. The van der Waals surface area contributed by atoms with E-state index in [4.69, 9.17) is 16.3 Å². The largest absolute Gasteiger partial charge is 0.488 e. The van der Waals surface area contributed by atoms with Gasteiger partial charge < -0.3 is 10.1 Å². The third-order valence-corrected chi connectivity index (χ3v) is 5.57. The maximum atomic E-state index is 12.7.